The van der Waals surface area contributed by atoms with Crippen molar-refractivity contribution in [3.05, 3.63) is 36.0 Å². The van der Waals surface area contributed by atoms with Gasteiger partial charge in [-0.1, -0.05) is 12.2 Å². The van der Waals surface area contributed by atoms with E-state index < -0.39 is 11.6 Å². The van der Waals surface area contributed by atoms with E-state index in [1.54, 1.807) is 0 Å². The molecule has 1 N–H and O–H groups in total. The summed E-state index contributed by atoms with van der Waals surface area (Å²) in [5, 5.41) is 2.97. The van der Waals surface area contributed by atoms with Crippen molar-refractivity contribution >= 4 is 5.82 Å². The van der Waals surface area contributed by atoms with Gasteiger partial charge in [0.2, 0.25) is 0 Å². The first-order chi connectivity index (χ1) is 7.25. The van der Waals surface area contributed by atoms with Crippen molar-refractivity contribution in [2.75, 3.05) is 5.32 Å². The average Bonchev–Trinajstić information content (AvgIpc) is 2.24. The Morgan fingerprint density at radius 3 is 2.87 bits per heavy atom. The molecular formula is C11H12F2N2. The van der Waals surface area contributed by atoms with E-state index >= 15 is 0 Å². The van der Waals surface area contributed by atoms with Crippen LogP contribution in [0.5, 0.6) is 0 Å². The molecule has 1 aliphatic carbocycles. The van der Waals surface area contributed by atoms with Gasteiger partial charge in [0.25, 0.3) is 0 Å². The maximum atomic E-state index is 13.2. The highest BCUT2D eigenvalue weighted by Crippen LogP contribution is 2.18. The minimum absolute atomic E-state index is 0.136. The summed E-state index contributed by atoms with van der Waals surface area (Å²) in [6.45, 7) is 0. The molecule has 1 aromatic heterocycles. The molecule has 1 heterocycles. The number of aromatic nitrogens is 1. The minimum Gasteiger partial charge on any atom is -0.365 e. The minimum atomic E-state index is -0.651. The molecule has 0 amide bonds. The molecule has 1 atom stereocenters. The Bertz CT molecular complexity index is 377. The summed E-state index contributed by atoms with van der Waals surface area (Å²) in [7, 11) is 0. The third-order valence-corrected chi connectivity index (χ3v) is 2.42. The van der Waals surface area contributed by atoms with E-state index in [1.165, 1.54) is 0 Å². The van der Waals surface area contributed by atoms with Gasteiger partial charge in [-0.15, -0.1) is 0 Å². The van der Waals surface area contributed by atoms with Gasteiger partial charge in [0.1, 0.15) is 5.82 Å². The zero-order valence-electron chi connectivity index (χ0n) is 8.21. The highest BCUT2D eigenvalue weighted by Gasteiger charge is 2.12. The molecule has 2 rings (SSSR count). The van der Waals surface area contributed by atoms with E-state index in [0.29, 0.717) is 0 Å². The number of pyridine rings is 1. The van der Waals surface area contributed by atoms with Crippen LogP contribution >= 0.6 is 0 Å². The van der Waals surface area contributed by atoms with Gasteiger partial charge in [-0.05, 0) is 19.3 Å². The van der Waals surface area contributed by atoms with E-state index in [0.717, 1.165) is 31.5 Å². The lowest BCUT2D eigenvalue weighted by Crippen LogP contribution is -2.21. The molecule has 2 nitrogen and oxygen atoms in total. The predicted octanol–water partition coefficient (Wildman–Crippen LogP) is 2.88. The second kappa shape index (κ2) is 4.38. The quantitative estimate of drug-likeness (QED) is 0.759. The molecule has 80 valence electrons. The Hall–Kier alpha value is -1.45. The molecule has 0 bridgehead atoms. The molecule has 1 aliphatic rings. The second-order valence-corrected chi connectivity index (χ2v) is 3.61. The first-order valence-electron chi connectivity index (χ1n) is 4.98. The molecule has 0 saturated heterocycles. The van der Waals surface area contributed by atoms with Crippen molar-refractivity contribution < 1.29 is 8.78 Å². The fourth-order valence-corrected chi connectivity index (χ4v) is 1.64. The molecule has 1 unspecified atom stereocenters. The summed E-state index contributed by atoms with van der Waals surface area (Å²) in [5.41, 5.74) is 0. The van der Waals surface area contributed by atoms with Crippen molar-refractivity contribution in [3.8, 4) is 0 Å². The van der Waals surface area contributed by atoms with Gasteiger partial charge >= 0.3 is 0 Å². The first-order valence-corrected chi connectivity index (χ1v) is 4.98. The fraction of sp³-hybridized carbons (Fsp3) is 0.364. The van der Waals surface area contributed by atoms with Crippen LogP contribution < -0.4 is 5.32 Å². The summed E-state index contributed by atoms with van der Waals surface area (Å²) >= 11 is 0. The number of rotatable bonds is 2. The van der Waals surface area contributed by atoms with Gasteiger partial charge in [0.05, 0.1) is 6.20 Å². The monoisotopic (exact) mass is 210 g/mol. The lowest BCUT2D eigenvalue weighted by molar-refractivity contribution is 0.567. The Kier molecular flexibility index (Phi) is 2.94. The van der Waals surface area contributed by atoms with Gasteiger partial charge in [0, 0.05) is 12.1 Å². The van der Waals surface area contributed by atoms with Crippen LogP contribution in [0.1, 0.15) is 19.3 Å². The van der Waals surface area contributed by atoms with E-state index in [2.05, 4.69) is 22.5 Å². The highest BCUT2D eigenvalue weighted by atomic mass is 19.1. The summed E-state index contributed by atoms with van der Waals surface area (Å²) in [5.74, 6) is -1.15. The van der Waals surface area contributed by atoms with Crippen LogP contribution in [0.2, 0.25) is 0 Å². The third kappa shape index (κ3) is 2.52. The number of nitrogens with zero attached hydrogens (tertiary/aromatic N) is 1. The topological polar surface area (TPSA) is 24.9 Å². The molecule has 4 heteroatoms. The molecule has 0 radical (unpaired) electrons. The van der Waals surface area contributed by atoms with Crippen molar-refractivity contribution in [2.45, 2.75) is 25.3 Å². The first kappa shape index (κ1) is 10.1. The van der Waals surface area contributed by atoms with Gasteiger partial charge in [0.15, 0.2) is 11.6 Å². The van der Waals surface area contributed by atoms with Crippen LogP contribution in [-0.2, 0) is 0 Å². The smallest absolute Gasteiger partial charge is 0.168 e. The number of hydrogen-bond acceptors (Lipinski definition) is 2. The zero-order valence-corrected chi connectivity index (χ0v) is 8.21. The van der Waals surface area contributed by atoms with E-state index in [-0.39, 0.29) is 11.9 Å². The number of anilines is 1. The molecule has 0 spiro atoms. The standard InChI is InChI=1S/C11H12F2N2/c12-8-6-10(13)11(14-7-8)15-9-4-2-1-3-5-9/h1-2,6-7,9H,3-5H2,(H,14,15). The van der Waals surface area contributed by atoms with E-state index in [1.807, 2.05) is 0 Å². The number of halogens is 2. The normalized spacial score (nSPS) is 20.3. The van der Waals surface area contributed by atoms with Crippen LogP contribution in [0.15, 0.2) is 24.4 Å². The lowest BCUT2D eigenvalue weighted by Gasteiger charge is -2.19. The maximum absolute atomic E-state index is 13.2. The van der Waals surface area contributed by atoms with Crippen molar-refractivity contribution in [1.82, 2.24) is 4.98 Å². The van der Waals surface area contributed by atoms with Crippen molar-refractivity contribution in [2.24, 2.45) is 0 Å². The molecular weight excluding hydrogens is 198 g/mol. The van der Waals surface area contributed by atoms with Crippen LogP contribution in [0.3, 0.4) is 0 Å². The second-order valence-electron chi connectivity index (χ2n) is 3.61. The third-order valence-electron chi connectivity index (χ3n) is 2.42. The average molecular weight is 210 g/mol. The van der Waals surface area contributed by atoms with Crippen LogP contribution in [-0.4, -0.2) is 11.0 Å². The number of allylic oxidation sites excluding steroid dienone is 1. The lowest BCUT2D eigenvalue weighted by atomic mass is 10.0. The van der Waals surface area contributed by atoms with Crippen LogP contribution in [0.4, 0.5) is 14.6 Å². The Morgan fingerprint density at radius 1 is 1.33 bits per heavy atom. The highest BCUT2D eigenvalue weighted by molar-refractivity contribution is 5.37. The summed E-state index contributed by atoms with van der Waals surface area (Å²) in [4.78, 5) is 3.69. The van der Waals surface area contributed by atoms with Crippen molar-refractivity contribution in [3.63, 3.8) is 0 Å². The summed E-state index contributed by atoms with van der Waals surface area (Å²) < 4.78 is 25.8. The maximum Gasteiger partial charge on any atom is 0.168 e. The Labute approximate surface area is 87.0 Å². The number of hydrogen-bond donors (Lipinski definition) is 1. The predicted molar refractivity (Wildman–Crippen MR) is 54.6 cm³/mol. The van der Waals surface area contributed by atoms with Gasteiger partial charge in [-0.3, -0.25) is 0 Å². The van der Waals surface area contributed by atoms with Gasteiger partial charge in [-0.25, -0.2) is 13.8 Å². The molecule has 0 fully saturated rings. The van der Waals surface area contributed by atoms with Gasteiger partial charge in [-0.2, -0.15) is 0 Å². The molecule has 0 aromatic carbocycles. The Balaban J connectivity index is 2.06. The molecule has 0 saturated carbocycles. The van der Waals surface area contributed by atoms with Crippen molar-refractivity contribution in [1.29, 1.82) is 0 Å². The fourth-order valence-electron chi connectivity index (χ4n) is 1.64. The van der Waals surface area contributed by atoms with E-state index in [4.69, 9.17) is 0 Å². The summed E-state index contributed by atoms with van der Waals surface area (Å²) in [6.07, 6.45) is 7.98. The van der Waals surface area contributed by atoms with Crippen LogP contribution in [0.25, 0.3) is 0 Å². The number of nitrogens with one attached hydrogen (secondary N) is 1. The SMILES string of the molecule is Fc1cnc(NC2CC=CCC2)c(F)c1. The molecule has 1 aromatic rings. The summed E-state index contributed by atoms with van der Waals surface area (Å²) in [6, 6.07) is 1.04. The van der Waals surface area contributed by atoms with Gasteiger partial charge < -0.3 is 5.32 Å². The molecule has 15 heavy (non-hydrogen) atoms. The zero-order chi connectivity index (χ0) is 10.7. The van der Waals surface area contributed by atoms with Crippen LogP contribution in [0, 0.1) is 11.6 Å². The largest absolute Gasteiger partial charge is 0.365 e. The van der Waals surface area contributed by atoms with E-state index in [9.17, 15) is 8.78 Å². The molecule has 0 aliphatic heterocycles. The Morgan fingerprint density at radius 2 is 2.20 bits per heavy atom.